The van der Waals surface area contributed by atoms with Crippen LogP contribution < -0.4 is 10.4 Å². The van der Waals surface area contributed by atoms with Crippen LogP contribution in [-0.2, 0) is 0 Å². The Kier molecular flexibility index (Phi) is 5.75. The number of nitrogens with zero attached hydrogens (tertiary/aromatic N) is 6. The Hall–Kier alpha value is -5.50. The van der Waals surface area contributed by atoms with Crippen LogP contribution in [0.2, 0.25) is 0 Å². The molecule has 2 N–H and O–H groups in total. The molecule has 7 rings (SSSR count). The zero-order valence-corrected chi connectivity index (χ0v) is 22.9. The molecule has 8 nitrogen and oxygen atoms in total. The molecule has 0 fully saturated rings. The van der Waals surface area contributed by atoms with Gasteiger partial charge in [-0.1, -0.05) is 85.5 Å². The first-order valence-corrected chi connectivity index (χ1v) is 13.5. The van der Waals surface area contributed by atoms with Crippen LogP contribution in [0, 0.1) is 0 Å². The highest BCUT2D eigenvalue weighted by Crippen LogP contribution is 2.35. The fraction of sp³-hybridized carbons (Fsp3) is 0.0909. The molecule has 2 aromatic carbocycles. The molecule has 0 saturated heterocycles. The first-order chi connectivity index (χ1) is 20.1. The van der Waals surface area contributed by atoms with Crippen molar-refractivity contribution in [3.8, 4) is 22.8 Å². The number of benzene rings is 2. The van der Waals surface area contributed by atoms with E-state index in [0.717, 1.165) is 43.5 Å². The van der Waals surface area contributed by atoms with E-state index in [2.05, 4.69) is 16.5 Å². The number of aromatic amines is 2. The topological polar surface area (TPSA) is 109 Å². The molecule has 0 amide bonds. The van der Waals surface area contributed by atoms with Gasteiger partial charge < -0.3 is 9.97 Å². The third kappa shape index (κ3) is 3.83. The van der Waals surface area contributed by atoms with Gasteiger partial charge in [-0.25, -0.2) is 29.9 Å². The van der Waals surface area contributed by atoms with E-state index in [-0.39, 0.29) is 0 Å². The van der Waals surface area contributed by atoms with Gasteiger partial charge in [0, 0.05) is 43.5 Å². The minimum Gasteiger partial charge on any atom is -0.324 e. The maximum Gasteiger partial charge on any atom is 0.164 e. The van der Waals surface area contributed by atoms with E-state index in [4.69, 9.17) is 29.9 Å². The second kappa shape index (κ2) is 9.60. The van der Waals surface area contributed by atoms with Crippen LogP contribution in [0.1, 0.15) is 32.4 Å². The van der Waals surface area contributed by atoms with E-state index in [1.165, 1.54) is 0 Å². The molecule has 0 aliphatic carbocycles. The Morgan fingerprint density at radius 2 is 1.00 bits per heavy atom. The van der Waals surface area contributed by atoms with Gasteiger partial charge in [0.05, 0.1) is 0 Å². The highest BCUT2D eigenvalue weighted by molar-refractivity contribution is 6.07. The van der Waals surface area contributed by atoms with Gasteiger partial charge in [0.25, 0.3) is 0 Å². The lowest BCUT2D eigenvalue weighted by atomic mass is 10.1. The standard InChI is InChI=1S/C33H26N8/c1-5-13-21-20(8-4)28-37-29(21)35-26-18(6-2)19(7-3)27(34-26)36-30-22-14-9-11-16-24(22)32(39-30)41-33-25-17-12-10-15-23(25)31(38-28)40-33/h5-17H,1H2,2-4H3,(H2,34,35,36,37,38,39,40,41)/b18-6+,19-7+,20-8+,21-13+. The van der Waals surface area contributed by atoms with Gasteiger partial charge in [0.1, 0.15) is 22.6 Å². The molecule has 3 aromatic heterocycles. The molecule has 198 valence electrons. The summed E-state index contributed by atoms with van der Waals surface area (Å²) in [5.41, 5.74) is 6.22. The molecule has 8 heteroatoms. The molecule has 0 unspecified atom stereocenters. The second-order valence-electron chi connectivity index (χ2n) is 9.62. The molecule has 0 radical (unpaired) electrons. The highest BCUT2D eigenvalue weighted by Gasteiger charge is 2.23. The molecule has 0 spiro atoms. The quantitative estimate of drug-likeness (QED) is 0.282. The van der Waals surface area contributed by atoms with Gasteiger partial charge in [-0.05, 0) is 20.8 Å². The normalized spacial score (nSPS) is 15.7. The summed E-state index contributed by atoms with van der Waals surface area (Å²) in [4.78, 5) is 36.8. The first-order valence-electron chi connectivity index (χ1n) is 13.5. The summed E-state index contributed by atoms with van der Waals surface area (Å²) in [7, 11) is 0. The van der Waals surface area contributed by atoms with Gasteiger partial charge >= 0.3 is 0 Å². The van der Waals surface area contributed by atoms with Gasteiger partial charge in [0.2, 0.25) is 0 Å². The van der Waals surface area contributed by atoms with Crippen LogP contribution in [0.15, 0.2) is 73.3 Å². The molecule has 0 atom stereocenters. The molecule has 8 bridgehead atoms. The van der Waals surface area contributed by atoms with Crippen LogP contribution in [0.25, 0.3) is 79.4 Å². The van der Waals surface area contributed by atoms with E-state index in [0.29, 0.717) is 45.9 Å². The number of aromatic nitrogens is 8. The van der Waals surface area contributed by atoms with E-state index < -0.39 is 0 Å². The smallest absolute Gasteiger partial charge is 0.164 e. The molecular formula is C33H26N8. The fourth-order valence-corrected chi connectivity index (χ4v) is 5.47. The lowest BCUT2D eigenvalue weighted by molar-refractivity contribution is 1.13. The Morgan fingerprint density at radius 1 is 0.537 bits per heavy atom. The molecule has 5 heterocycles. The van der Waals surface area contributed by atoms with Crippen LogP contribution in [0.4, 0.5) is 0 Å². The zero-order valence-electron chi connectivity index (χ0n) is 22.9. The third-order valence-electron chi connectivity index (χ3n) is 7.34. The largest absolute Gasteiger partial charge is 0.324 e. The van der Waals surface area contributed by atoms with Crippen molar-refractivity contribution >= 4 is 56.7 Å². The van der Waals surface area contributed by atoms with Crippen LogP contribution in [0.5, 0.6) is 0 Å². The molecular weight excluding hydrogens is 508 g/mol. The lowest BCUT2D eigenvalue weighted by Gasteiger charge is -1.98. The zero-order chi connectivity index (χ0) is 28.1. The predicted molar refractivity (Wildman–Crippen MR) is 165 cm³/mol. The van der Waals surface area contributed by atoms with E-state index >= 15 is 0 Å². The van der Waals surface area contributed by atoms with Crippen molar-refractivity contribution in [2.75, 3.05) is 0 Å². The lowest BCUT2D eigenvalue weighted by Crippen LogP contribution is -2.21. The Morgan fingerprint density at radius 3 is 1.56 bits per heavy atom. The third-order valence-corrected chi connectivity index (χ3v) is 7.34. The van der Waals surface area contributed by atoms with Crippen molar-refractivity contribution < 1.29 is 0 Å². The average Bonchev–Trinajstić information content (AvgIpc) is 3.71. The number of H-pyrrole nitrogens is 2. The molecule has 41 heavy (non-hydrogen) atoms. The SMILES string of the molecule is C=C/C=C1\C(=C/C)c2nc1nc1[nH]c(nc3nc(nc4[nH]c(n2)c2ccccc42)-c2ccccc2-3)c(=C/C)/c1=C\C. The summed E-state index contributed by atoms with van der Waals surface area (Å²) in [6, 6.07) is 16.1. The van der Waals surface area contributed by atoms with Gasteiger partial charge in [-0.3, -0.25) is 0 Å². The first kappa shape index (κ1) is 24.5. The number of rotatable bonds is 1. The van der Waals surface area contributed by atoms with Crippen molar-refractivity contribution in [1.29, 1.82) is 0 Å². The van der Waals surface area contributed by atoms with Crippen LogP contribution >= 0.6 is 0 Å². The van der Waals surface area contributed by atoms with Crippen LogP contribution in [-0.4, -0.2) is 39.9 Å². The number of hydrogen-bond donors (Lipinski definition) is 2. The number of hydrogen-bond acceptors (Lipinski definition) is 6. The maximum atomic E-state index is 5.02. The Balaban J connectivity index is 1.74. The summed E-state index contributed by atoms with van der Waals surface area (Å²) >= 11 is 0. The molecule has 2 aliphatic rings. The summed E-state index contributed by atoms with van der Waals surface area (Å²) in [5, 5.41) is 3.75. The Bertz CT molecular complexity index is 2260. The van der Waals surface area contributed by atoms with Gasteiger partial charge in [-0.15, -0.1) is 0 Å². The second-order valence-corrected chi connectivity index (χ2v) is 9.62. The summed E-state index contributed by atoms with van der Waals surface area (Å²) in [6.45, 7) is 9.88. The maximum absolute atomic E-state index is 5.02. The molecule has 0 saturated carbocycles. The minimum absolute atomic E-state index is 0.544. The Labute approximate surface area is 235 Å². The van der Waals surface area contributed by atoms with Crippen molar-refractivity contribution in [1.82, 2.24) is 39.9 Å². The number of fused-ring (bicyclic) bond motifs is 14. The molecule has 5 aromatic rings. The fourth-order valence-electron chi connectivity index (χ4n) is 5.47. The summed E-state index contributed by atoms with van der Waals surface area (Å²) in [5.74, 6) is 2.28. The van der Waals surface area contributed by atoms with E-state index in [1.54, 1.807) is 6.08 Å². The minimum atomic E-state index is 0.544. The van der Waals surface area contributed by atoms with Gasteiger partial charge in [-0.2, -0.15) is 0 Å². The number of allylic oxidation sites excluding steroid dienone is 5. The predicted octanol–water partition coefficient (Wildman–Crippen LogP) is 5.66. The molecule has 2 aliphatic heterocycles. The highest BCUT2D eigenvalue weighted by atomic mass is 15.1. The van der Waals surface area contributed by atoms with E-state index in [1.807, 2.05) is 93.6 Å². The average molecular weight is 535 g/mol. The van der Waals surface area contributed by atoms with Crippen molar-refractivity contribution in [3.05, 3.63) is 95.4 Å². The van der Waals surface area contributed by atoms with E-state index in [9.17, 15) is 0 Å². The van der Waals surface area contributed by atoms with Crippen molar-refractivity contribution in [3.63, 3.8) is 0 Å². The number of nitrogens with one attached hydrogen (secondary N) is 2. The summed E-state index contributed by atoms with van der Waals surface area (Å²) < 4.78 is 0. The monoisotopic (exact) mass is 534 g/mol. The van der Waals surface area contributed by atoms with Crippen molar-refractivity contribution in [2.24, 2.45) is 0 Å². The van der Waals surface area contributed by atoms with Crippen LogP contribution in [0.3, 0.4) is 0 Å². The van der Waals surface area contributed by atoms with Gasteiger partial charge in [0.15, 0.2) is 23.3 Å². The summed E-state index contributed by atoms with van der Waals surface area (Å²) in [6.07, 6.45) is 9.72. The van der Waals surface area contributed by atoms with Crippen molar-refractivity contribution in [2.45, 2.75) is 20.8 Å².